The minimum atomic E-state index is 0.255. The largest absolute Gasteiger partial charge is 0.300 e. The lowest BCUT2D eigenvalue weighted by atomic mass is 9.56. The van der Waals surface area contributed by atoms with Crippen molar-refractivity contribution in [3.8, 4) is 0 Å². The highest BCUT2D eigenvalue weighted by atomic mass is 16.1. The Hall–Kier alpha value is -0.990. The number of rotatable bonds is 0. The van der Waals surface area contributed by atoms with Crippen LogP contribution in [0.1, 0.15) is 38.5 Å². The van der Waals surface area contributed by atoms with Crippen LogP contribution in [0.5, 0.6) is 0 Å². The molecule has 0 N–H and O–H groups in total. The van der Waals surface area contributed by atoms with E-state index < -0.39 is 0 Å². The van der Waals surface area contributed by atoms with Gasteiger partial charge in [0.05, 0.1) is 0 Å². The Labute approximate surface area is 94.6 Å². The molecule has 0 saturated heterocycles. The smallest absolute Gasteiger partial charge is 0.133 e. The van der Waals surface area contributed by atoms with E-state index in [1.165, 1.54) is 0 Å². The molecule has 0 bridgehead atoms. The van der Waals surface area contributed by atoms with Gasteiger partial charge in [-0.2, -0.15) is 0 Å². The van der Waals surface area contributed by atoms with Crippen LogP contribution >= 0.6 is 0 Å². The van der Waals surface area contributed by atoms with Gasteiger partial charge in [-0.05, 0) is 23.7 Å². The zero-order valence-electron chi connectivity index (χ0n) is 9.28. The predicted molar refractivity (Wildman–Crippen MR) is 56.7 cm³/mol. The summed E-state index contributed by atoms with van der Waals surface area (Å²) in [5.41, 5.74) is 0. The van der Waals surface area contributed by atoms with Crippen LogP contribution in [0.25, 0.3) is 0 Å². The first kappa shape index (κ1) is 10.2. The van der Waals surface area contributed by atoms with Gasteiger partial charge in [0.15, 0.2) is 0 Å². The number of hydrogen-bond donors (Lipinski definition) is 0. The molecule has 0 spiro atoms. The third kappa shape index (κ3) is 1.53. The Bertz CT molecular complexity index is 290. The normalized spacial score (nSPS) is 43.1. The molecule has 0 aromatic rings. The van der Waals surface area contributed by atoms with E-state index in [9.17, 15) is 14.4 Å². The molecule has 0 aromatic carbocycles. The first-order chi connectivity index (χ1) is 7.63. The summed E-state index contributed by atoms with van der Waals surface area (Å²) in [6, 6.07) is 0. The van der Waals surface area contributed by atoms with Gasteiger partial charge in [0.1, 0.15) is 17.3 Å². The molecule has 0 aromatic heterocycles. The van der Waals surface area contributed by atoms with Crippen molar-refractivity contribution in [1.82, 2.24) is 0 Å². The molecule has 0 heterocycles. The fraction of sp³-hybridized carbons (Fsp3) is 0.769. The standard InChI is InChI=1S/C13H16O3/c14-10-1-7-2-11(15)5-9-6-12(16)4-8(3-10)13(7)9/h7-9,13H,1-6H2. The van der Waals surface area contributed by atoms with Crippen LogP contribution in [-0.2, 0) is 14.4 Å². The van der Waals surface area contributed by atoms with Crippen LogP contribution in [0.3, 0.4) is 0 Å². The lowest BCUT2D eigenvalue weighted by Crippen LogP contribution is -2.47. The van der Waals surface area contributed by atoms with Gasteiger partial charge in [-0.15, -0.1) is 0 Å². The first-order valence-electron chi connectivity index (χ1n) is 6.18. The van der Waals surface area contributed by atoms with E-state index in [0.29, 0.717) is 44.4 Å². The summed E-state index contributed by atoms with van der Waals surface area (Å²) in [5.74, 6) is 2.02. The van der Waals surface area contributed by atoms with Gasteiger partial charge in [-0.1, -0.05) is 0 Å². The molecule has 0 atom stereocenters. The van der Waals surface area contributed by atoms with Gasteiger partial charge in [-0.3, -0.25) is 14.4 Å². The van der Waals surface area contributed by atoms with Crippen molar-refractivity contribution in [2.24, 2.45) is 23.7 Å². The summed E-state index contributed by atoms with van der Waals surface area (Å²) in [7, 11) is 0. The average Bonchev–Trinajstić information content (AvgIpc) is 2.14. The summed E-state index contributed by atoms with van der Waals surface area (Å²) in [6.07, 6.45) is 3.49. The summed E-state index contributed by atoms with van der Waals surface area (Å²) in [6.45, 7) is 0. The summed E-state index contributed by atoms with van der Waals surface area (Å²) in [4.78, 5) is 34.8. The molecule has 3 fully saturated rings. The Morgan fingerprint density at radius 2 is 0.812 bits per heavy atom. The Balaban J connectivity index is 1.91. The van der Waals surface area contributed by atoms with E-state index in [4.69, 9.17) is 0 Å². The number of carbonyl (C=O) groups excluding carboxylic acids is 3. The molecule has 0 radical (unpaired) electrons. The van der Waals surface area contributed by atoms with Crippen LogP contribution < -0.4 is 0 Å². The third-order valence-electron chi connectivity index (χ3n) is 4.57. The highest BCUT2D eigenvalue weighted by molar-refractivity contribution is 5.87. The van der Waals surface area contributed by atoms with Crippen LogP contribution in [0, 0.1) is 23.7 Å². The van der Waals surface area contributed by atoms with Crippen molar-refractivity contribution in [1.29, 1.82) is 0 Å². The van der Waals surface area contributed by atoms with Gasteiger partial charge < -0.3 is 0 Å². The molecule has 0 aliphatic heterocycles. The maximum Gasteiger partial charge on any atom is 0.133 e. The predicted octanol–water partition coefficient (Wildman–Crippen LogP) is 1.54. The van der Waals surface area contributed by atoms with E-state index >= 15 is 0 Å². The molecule has 3 aliphatic carbocycles. The van der Waals surface area contributed by atoms with Crippen molar-refractivity contribution in [2.45, 2.75) is 38.5 Å². The number of ketones is 3. The van der Waals surface area contributed by atoms with Gasteiger partial charge in [-0.25, -0.2) is 0 Å². The summed E-state index contributed by atoms with van der Waals surface area (Å²) < 4.78 is 0. The molecule has 3 nitrogen and oxygen atoms in total. The fourth-order valence-electron chi connectivity index (χ4n) is 4.19. The molecular weight excluding hydrogens is 204 g/mol. The molecule has 3 heteroatoms. The quantitative estimate of drug-likeness (QED) is 0.622. The minimum absolute atomic E-state index is 0.255. The molecule has 3 aliphatic rings. The van der Waals surface area contributed by atoms with Gasteiger partial charge in [0.25, 0.3) is 0 Å². The second-order valence-corrected chi connectivity index (χ2v) is 5.70. The topological polar surface area (TPSA) is 51.2 Å². The van der Waals surface area contributed by atoms with Crippen molar-refractivity contribution in [3.05, 3.63) is 0 Å². The summed E-state index contributed by atoms with van der Waals surface area (Å²) in [5, 5.41) is 0. The maximum absolute atomic E-state index is 11.6. The zero-order valence-corrected chi connectivity index (χ0v) is 9.28. The fourth-order valence-corrected chi connectivity index (χ4v) is 4.19. The molecule has 86 valence electrons. The molecule has 16 heavy (non-hydrogen) atoms. The Morgan fingerprint density at radius 3 is 1.06 bits per heavy atom. The highest BCUT2D eigenvalue weighted by Gasteiger charge is 2.48. The Kier molecular flexibility index (Phi) is 2.23. The van der Waals surface area contributed by atoms with E-state index in [1.807, 2.05) is 0 Å². The van der Waals surface area contributed by atoms with E-state index in [1.54, 1.807) is 0 Å². The van der Waals surface area contributed by atoms with Gasteiger partial charge in [0.2, 0.25) is 0 Å². The van der Waals surface area contributed by atoms with Crippen LogP contribution in [-0.4, -0.2) is 17.3 Å². The molecular formula is C13H16O3. The number of Topliss-reactive ketones (excluding diaryl/α,β-unsaturated/α-hetero) is 3. The first-order valence-corrected chi connectivity index (χ1v) is 6.18. The molecule has 3 rings (SSSR count). The van der Waals surface area contributed by atoms with E-state index in [-0.39, 0.29) is 35.1 Å². The molecule has 0 amide bonds. The van der Waals surface area contributed by atoms with Crippen LogP contribution in [0.2, 0.25) is 0 Å². The van der Waals surface area contributed by atoms with Crippen molar-refractivity contribution in [3.63, 3.8) is 0 Å². The number of carbonyl (C=O) groups is 3. The van der Waals surface area contributed by atoms with Crippen molar-refractivity contribution >= 4 is 17.3 Å². The van der Waals surface area contributed by atoms with E-state index in [2.05, 4.69) is 0 Å². The maximum atomic E-state index is 11.6. The second kappa shape index (κ2) is 3.51. The van der Waals surface area contributed by atoms with Gasteiger partial charge in [0, 0.05) is 38.5 Å². The van der Waals surface area contributed by atoms with Gasteiger partial charge >= 0.3 is 0 Å². The minimum Gasteiger partial charge on any atom is -0.300 e. The second-order valence-electron chi connectivity index (χ2n) is 5.70. The van der Waals surface area contributed by atoms with Crippen molar-refractivity contribution < 1.29 is 14.4 Å². The third-order valence-corrected chi connectivity index (χ3v) is 4.57. The Morgan fingerprint density at radius 1 is 0.562 bits per heavy atom. The van der Waals surface area contributed by atoms with Crippen molar-refractivity contribution in [2.75, 3.05) is 0 Å². The van der Waals surface area contributed by atoms with E-state index in [0.717, 1.165) is 0 Å². The lowest BCUT2D eigenvalue weighted by molar-refractivity contribution is -0.140. The van der Waals surface area contributed by atoms with Crippen LogP contribution in [0.4, 0.5) is 0 Å². The average molecular weight is 220 g/mol. The number of hydrogen-bond acceptors (Lipinski definition) is 3. The highest BCUT2D eigenvalue weighted by Crippen LogP contribution is 2.49. The lowest BCUT2D eigenvalue weighted by Gasteiger charge is -2.47. The van der Waals surface area contributed by atoms with Crippen LogP contribution in [0.15, 0.2) is 0 Å². The molecule has 3 saturated carbocycles. The zero-order chi connectivity index (χ0) is 11.3. The summed E-state index contributed by atoms with van der Waals surface area (Å²) >= 11 is 0. The SMILES string of the molecule is O=C1CC2CC(=O)CC3CC(=O)CC(C1)C23. The monoisotopic (exact) mass is 220 g/mol. The molecule has 0 unspecified atom stereocenters.